The molecule has 22 heavy (non-hydrogen) atoms. The molecular weight excluding hydrogens is 319 g/mol. The maximum Gasteiger partial charge on any atom is 0.255 e. The van der Waals surface area contributed by atoms with Crippen LogP contribution in [0.25, 0.3) is 0 Å². The van der Waals surface area contributed by atoms with Gasteiger partial charge in [-0.2, -0.15) is 0 Å². The Morgan fingerprint density at radius 3 is 2.68 bits per heavy atom. The fourth-order valence-electron chi connectivity index (χ4n) is 2.70. The van der Waals surface area contributed by atoms with Crippen LogP contribution >= 0.6 is 23.2 Å². The Kier molecular flexibility index (Phi) is 4.27. The number of halogens is 2. The number of hydrogen-bond donors (Lipinski definition) is 0. The molecule has 0 saturated heterocycles. The molecule has 5 heteroatoms. The number of nitrogens with zero attached hydrogens (tertiary/aromatic N) is 2. The third kappa shape index (κ3) is 2.92. The third-order valence-electron chi connectivity index (χ3n) is 3.92. The maximum atomic E-state index is 12.8. The van der Waals surface area contributed by atoms with Crippen molar-refractivity contribution in [3.05, 3.63) is 63.6 Å². The van der Waals surface area contributed by atoms with E-state index in [0.717, 1.165) is 17.8 Å². The summed E-state index contributed by atoms with van der Waals surface area (Å²) in [6, 6.07) is 13.1. The lowest BCUT2D eigenvalue weighted by molar-refractivity contribution is 0.0752. The van der Waals surface area contributed by atoms with Crippen LogP contribution in [0.1, 0.15) is 15.9 Å². The molecule has 0 fully saturated rings. The van der Waals surface area contributed by atoms with Gasteiger partial charge in [0.15, 0.2) is 0 Å². The summed E-state index contributed by atoms with van der Waals surface area (Å²) in [5, 5.41) is 0.945. The van der Waals surface area contributed by atoms with Gasteiger partial charge in [-0.1, -0.05) is 41.4 Å². The number of rotatable bonds is 1. The molecule has 0 aliphatic carbocycles. The summed E-state index contributed by atoms with van der Waals surface area (Å²) in [6.45, 7) is 2.00. The first kappa shape index (κ1) is 15.2. The molecule has 0 saturated carbocycles. The van der Waals surface area contributed by atoms with Crippen molar-refractivity contribution in [1.29, 1.82) is 0 Å². The van der Waals surface area contributed by atoms with Gasteiger partial charge in [-0.15, -0.1) is 0 Å². The van der Waals surface area contributed by atoms with Crippen LogP contribution in [-0.4, -0.2) is 30.9 Å². The number of hydrogen-bond acceptors (Lipinski definition) is 2. The van der Waals surface area contributed by atoms with Gasteiger partial charge in [0.05, 0.1) is 10.6 Å². The van der Waals surface area contributed by atoms with Crippen molar-refractivity contribution >= 4 is 34.8 Å². The lowest BCUT2D eigenvalue weighted by atomic mass is 10.1. The Morgan fingerprint density at radius 1 is 1.09 bits per heavy atom. The first-order chi connectivity index (χ1) is 10.6. The smallest absolute Gasteiger partial charge is 0.255 e. The molecule has 1 aliphatic rings. The summed E-state index contributed by atoms with van der Waals surface area (Å²) in [7, 11) is 2.04. The Morgan fingerprint density at radius 2 is 1.86 bits per heavy atom. The number of carbonyl (C=O) groups is 1. The van der Waals surface area contributed by atoms with Gasteiger partial charge in [-0.3, -0.25) is 4.79 Å². The topological polar surface area (TPSA) is 23.6 Å². The van der Waals surface area contributed by atoms with Gasteiger partial charge in [-0.05, 0) is 29.8 Å². The molecule has 0 spiro atoms. The van der Waals surface area contributed by atoms with Gasteiger partial charge in [0.2, 0.25) is 0 Å². The summed E-state index contributed by atoms with van der Waals surface area (Å²) in [4.78, 5) is 16.8. The van der Waals surface area contributed by atoms with Crippen LogP contribution in [0.4, 0.5) is 5.69 Å². The van der Waals surface area contributed by atoms with E-state index in [-0.39, 0.29) is 5.91 Å². The van der Waals surface area contributed by atoms with E-state index in [1.807, 2.05) is 24.1 Å². The second kappa shape index (κ2) is 6.19. The van der Waals surface area contributed by atoms with Crippen molar-refractivity contribution in [2.24, 2.45) is 0 Å². The summed E-state index contributed by atoms with van der Waals surface area (Å²) in [5.74, 6) is -0.0856. The second-order valence-electron chi connectivity index (χ2n) is 5.40. The molecule has 3 rings (SSSR count). The highest BCUT2D eigenvalue weighted by molar-refractivity contribution is 6.35. The standard InChI is InChI=1S/C17H16Cl2N2O/c1-20-8-9-21(11-12-4-2-3-5-16(12)20)17(22)14-10-13(18)6-7-15(14)19/h2-7,10H,8-9,11H2,1H3. The van der Waals surface area contributed by atoms with Gasteiger partial charge in [0.1, 0.15) is 0 Å². The van der Waals surface area contributed by atoms with Gasteiger partial charge in [0.25, 0.3) is 5.91 Å². The van der Waals surface area contributed by atoms with Gasteiger partial charge in [0, 0.05) is 37.4 Å². The summed E-state index contributed by atoms with van der Waals surface area (Å²) < 4.78 is 0. The molecule has 114 valence electrons. The van der Waals surface area contributed by atoms with Gasteiger partial charge < -0.3 is 9.80 Å². The highest BCUT2D eigenvalue weighted by Crippen LogP contribution is 2.27. The van der Waals surface area contributed by atoms with Crippen LogP contribution in [0.5, 0.6) is 0 Å². The van der Waals surface area contributed by atoms with E-state index in [0.29, 0.717) is 28.7 Å². The second-order valence-corrected chi connectivity index (χ2v) is 6.24. The zero-order valence-electron chi connectivity index (χ0n) is 12.2. The zero-order valence-corrected chi connectivity index (χ0v) is 13.7. The molecule has 0 N–H and O–H groups in total. The number of para-hydroxylation sites is 1. The van der Waals surface area contributed by atoms with Gasteiger partial charge >= 0.3 is 0 Å². The van der Waals surface area contributed by atoms with E-state index in [2.05, 4.69) is 17.0 Å². The van der Waals surface area contributed by atoms with Crippen LogP contribution in [0, 0.1) is 0 Å². The molecule has 1 heterocycles. The fraction of sp³-hybridized carbons (Fsp3) is 0.235. The summed E-state index contributed by atoms with van der Waals surface area (Å²) >= 11 is 12.2. The largest absolute Gasteiger partial charge is 0.373 e. The average molecular weight is 335 g/mol. The summed E-state index contributed by atoms with van der Waals surface area (Å²) in [6.07, 6.45) is 0. The molecule has 2 aromatic rings. The molecule has 1 aliphatic heterocycles. The molecule has 0 bridgehead atoms. The van der Waals surface area contributed by atoms with Crippen molar-refractivity contribution < 1.29 is 4.79 Å². The highest BCUT2D eigenvalue weighted by atomic mass is 35.5. The SMILES string of the molecule is CN1CCN(C(=O)c2cc(Cl)ccc2Cl)Cc2ccccc21. The van der Waals surface area contributed by atoms with Crippen molar-refractivity contribution in [2.45, 2.75) is 6.54 Å². The van der Waals surface area contributed by atoms with E-state index in [1.54, 1.807) is 18.2 Å². The van der Waals surface area contributed by atoms with E-state index >= 15 is 0 Å². The molecule has 0 unspecified atom stereocenters. The fourth-order valence-corrected chi connectivity index (χ4v) is 3.07. The van der Waals surface area contributed by atoms with Crippen molar-refractivity contribution in [3.8, 4) is 0 Å². The van der Waals surface area contributed by atoms with E-state index in [4.69, 9.17) is 23.2 Å². The van der Waals surface area contributed by atoms with Crippen molar-refractivity contribution in [2.75, 3.05) is 25.0 Å². The molecule has 0 atom stereocenters. The zero-order chi connectivity index (χ0) is 15.7. The van der Waals surface area contributed by atoms with Crippen LogP contribution in [0.2, 0.25) is 10.0 Å². The molecule has 1 amide bonds. The minimum Gasteiger partial charge on any atom is -0.373 e. The normalized spacial score (nSPS) is 14.5. The number of amides is 1. The van der Waals surface area contributed by atoms with Gasteiger partial charge in [-0.25, -0.2) is 0 Å². The molecule has 2 aromatic carbocycles. The maximum absolute atomic E-state index is 12.8. The van der Waals surface area contributed by atoms with Crippen LogP contribution < -0.4 is 4.90 Å². The first-order valence-corrected chi connectivity index (χ1v) is 7.85. The Balaban J connectivity index is 1.93. The molecular formula is C17H16Cl2N2O. The number of likely N-dealkylation sites (N-methyl/N-ethyl adjacent to an activating group) is 1. The Labute approximate surface area is 140 Å². The highest BCUT2D eigenvalue weighted by Gasteiger charge is 2.23. The monoisotopic (exact) mass is 334 g/mol. The lowest BCUT2D eigenvalue weighted by Crippen LogP contribution is -2.34. The van der Waals surface area contributed by atoms with Crippen LogP contribution in [-0.2, 0) is 6.54 Å². The number of anilines is 1. The number of benzene rings is 2. The lowest BCUT2D eigenvalue weighted by Gasteiger charge is -2.21. The van der Waals surface area contributed by atoms with Crippen LogP contribution in [0.3, 0.4) is 0 Å². The van der Waals surface area contributed by atoms with E-state index in [1.165, 1.54) is 0 Å². The Bertz CT molecular complexity index is 718. The predicted octanol–water partition coefficient (Wildman–Crippen LogP) is 4.09. The molecule has 0 radical (unpaired) electrons. The minimum absolute atomic E-state index is 0.0856. The first-order valence-electron chi connectivity index (χ1n) is 7.09. The van der Waals surface area contributed by atoms with Crippen molar-refractivity contribution in [3.63, 3.8) is 0 Å². The van der Waals surface area contributed by atoms with Crippen molar-refractivity contribution in [1.82, 2.24) is 4.90 Å². The predicted molar refractivity (Wildman–Crippen MR) is 90.9 cm³/mol. The quantitative estimate of drug-likeness (QED) is 0.784. The van der Waals surface area contributed by atoms with E-state index in [9.17, 15) is 4.79 Å². The summed E-state index contributed by atoms with van der Waals surface area (Å²) in [5.41, 5.74) is 2.75. The number of fused-ring (bicyclic) bond motifs is 1. The Hall–Kier alpha value is -1.71. The minimum atomic E-state index is -0.0856. The van der Waals surface area contributed by atoms with E-state index < -0.39 is 0 Å². The average Bonchev–Trinajstić information content (AvgIpc) is 2.69. The third-order valence-corrected chi connectivity index (χ3v) is 4.48. The van der Waals surface area contributed by atoms with Crippen LogP contribution in [0.15, 0.2) is 42.5 Å². The number of carbonyl (C=O) groups excluding carboxylic acids is 1. The molecule has 0 aromatic heterocycles. The molecule has 3 nitrogen and oxygen atoms in total.